The first-order valence-electron chi connectivity index (χ1n) is 7.45. The largest absolute Gasteiger partial charge is 0.387 e. The molecular weight excluding hydrogens is 252 g/mol. The zero-order chi connectivity index (χ0) is 13.9. The highest BCUT2D eigenvalue weighted by Gasteiger charge is 2.31. The Morgan fingerprint density at radius 2 is 2.20 bits per heavy atom. The van der Waals surface area contributed by atoms with Gasteiger partial charge in [0.2, 0.25) is 0 Å². The van der Waals surface area contributed by atoms with Crippen molar-refractivity contribution in [1.29, 1.82) is 0 Å². The van der Waals surface area contributed by atoms with Gasteiger partial charge in [-0.1, -0.05) is 6.42 Å². The Hall–Kier alpha value is -1.62. The van der Waals surface area contributed by atoms with Gasteiger partial charge in [0.15, 0.2) is 0 Å². The molecule has 0 aliphatic carbocycles. The van der Waals surface area contributed by atoms with E-state index in [9.17, 15) is 4.79 Å². The van der Waals surface area contributed by atoms with Crippen LogP contribution in [0.15, 0.2) is 18.3 Å². The fourth-order valence-electron chi connectivity index (χ4n) is 3.17. The van der Waals surface area contributed by atoms with Crippen molar-refractivity contribution in [3.8, 4) is 0 Å². The van der Waals surface area contributed by atoms with Gasteiger partial charge in [-0.25, -0.2) is 4.98 Å². The topological polar surface area (TPSA) is 48.5 Å². The quantitative estimate of drug-likeness (QED) is 0.886. The van der Waals surface area contributed by atoms with Gasteiger partial charge in [-0.3, -0.25) is 9.69 Å². The Labute approximate surface area is 120 Å². The molecular formula is C15H22N4O. The SMILES string of the molecule is CNc1ccc(C(=O)N2CCN3CCCCC3C2)nc1. The summed E-state index contributed by atoms with van der Waals surface area (Å²) in [7, 11) is 1.85. The molecule has 20 heavy (non-hydrogen) atoms. The summed E-state index contributed by atoms with van der Waals surface area (Å²) in [6.45, 7) is 3.88. The van der Waals surface area contributed by atoms with Crippen LogP contribution in [-0.4, -0.2) is 60.0 Å². The average molecular weight is 274 g/mol. The van der Waals surface area contributed by atoms with Crippen LogP contribution in [-0.2, 0) is 0 Å². The van der Waals surface area contributed by atoms with Gasteiger partial charge in [-0.05, 0) is 31.5 Å². The lowest BCUT2D eigenvalue weighted by Crippen LogP contribution is -2.56. The number of hydrogen-bond acceptors (Lipinski definition) is 4. The Bertz CT molecular complexity index is 473. The van der Waals surface area contributed by atoms with E-state index in [1.807, 2.05) is 18.0 Å². The molecule has 1 amide bonds. The third kappa shape index (κ3) is 2.63. The Morgan fingerprint density at radius 1 is 1.30 bits per heavy atom. The summed E-state index contributed by atoms with van der Waals surface area (Å²) in [4.78, 5) is 21.3. The number of carbonyl (C=O) groups is 1. The summed E-state index contributed by atoms with van der Waals surface area (Å²) >= 11 is 0. The monoisotopic (exact) mass is 274 g/mol. The predicted octanol–water partition coefficient (Wildman–Crippen LogP) is 1.43. The second-order valence-electron chi connectivity index (χ2n) is 5.62. The first-order valence-corrected chi connectivity index (χ1v) is 7.45. The number of fused-ring (bicyclic) bond motifs is 1. The van der Waals surface area contributed by atoms with E-state index in [0.717, 1.165) is 25.3 Å². The maximum atomic E-state index is 12.5. The molecule has 3 heterocycles. The molecule has 2 aliphatic heterocycles. The van der Waals surface area contributed by atoms with E-state index in [0.29, 0.717) is 11.7 Å². The number of pyridine rings is 1. The summed E-state index contributed by atoms with van der Waals surface area (Å²) in [5, 5.41) is 3.02. The van der Waals surface area contributed by atoms with Crippen molar-refractivity contribution in [2.75, 3.05) is 38.5 Å². The average Bonchev–Trinajstić information content (AvgIpc) is 2.54. The molecule has 1 aromatic rings. The molecule has 2 aliphatic rings. The zero-order valence-corrected chi connectivity index (χ0v) is 12.0. The summed E-state index contributed by atoms with van der Waals surface area (Å²) in [5.74, 6) is 0.0675. The number of anilines is 1. The molecule has 2 fully saturated rings. The molecule has 1 unspecified atom stereocenters. The molecule has 0 aromatic carbocycles. The van der Waals surface area contributed by atoms with Gasteiger partial charge in [0.1, 0.15) is 5.69 Å². The Balaban J connectivity index is 1.67. The number of piperazine rings is 1. The number of rotatable bonds is 2. The smallest absolute Gasteiger partial charge is 0.272 e. The molecule has 0 radical (unpaired) electrons. The molecule has 0 bridgehead atoms. The van der Waals surface area contributed by atoms with Crippen LogP contribution in [0.3, 0.4) is 0 Å². The number of hydrogen-bond donors (Lipinski definition) is 1. The van der Waals surface area contributed by atoms with E-state index in [-0.39, 0.29) is 5.91 Å². The normalized spacial score (nSPS) is 23.2. The summed E-state index contributed by atoms with van der Waals surface area (Å²) < 4.78 is 0. The highest BCUT2D eigenvalue weighted by atomic mass is 16.2. The predicted molar refractivity (Wildman–Crippen MR) is 78.9 cm³/mol. The second-order valence-corrected chi connectivity index (χ2v) is 5.62. The highest BCUT2D eigenvalue weighted by Crippen LogP contribution is 2.22. The molecule has 0 saturated carbocycles. The van der Waals surface area contributed by atoms with Gasteiger partial charge in [-0.2, -0.15) is 0 Å². The van der Waals surface area contributed by atoms with Crippen LogP contribution in [0, 0.1) is 0 Å². The minimum Gasteiger partial charge on any atom is -0.387 e. The molecule has 1 atom stereocenters. The zero-order valence-electron chi connectivity index (χ0n) is 12.0. The van der Waals surface area contributed by atoms with Crippen LogP contribution in [0.2, 0.25) is 0 Å². The highest BCUT2D eigenvalue weighted by molar-refractivity contribution is 5.92. The minimum atomic E-state index is 0.0675. The van der Waals surface area contributed by atoms with Crippen molar-refractivity contribution in [3.63, 3.8) is 0 Å². The third-order valence-electron chi connectivity index (χ3n) is 4.40. The first kappa shape index (κ1) is 13.4. The molecule has 0 spiro atoms. The van der Waals surface area contributed by atoms with Crippen LogP contribution in [0.25, 0.3) is 0 Å². The summed E-state index contributed by atoms with van der Waals surface area (Å²) in [6, 6.07) is 4.26. The second kappa shape index (κ2) is 5.79. The van der Waals surface area contributed by atoms with Gasteiger partial charge in [0, 0.05) is 32.7 Å². The molecule has 1 aromatic heterocycles. The first-order chi connectivity index (χ1) is 9.78. The Morgan fingerprint density at radius 3 is 2.95 bits per heavy atom. The molecule has 2 saturated heterocycles. The van der Waals surface area contributed by atoms with Gasteiger partial charge in [0.25, 0.3) is 5.91 Å². The van der Waals surface area contributed by atoms with E-state index < -0.39 is 0 Å². The Kier molecular flexibility index (Phi) is 3.87. The van der Waals surface area contributed by atoms with Crippen LogP contribution in [0.5, 0.6) is 0 Å². The van der Waals surface area contributed by atoms with E-state index in [1.54, 1.807) is 12.3 Å². The van der Waals surface area contributed by atoms with Crippen LogP contribution in [0.4, 0.5) is 5.69 Å². The summed E-state index contributed by atoms with van der Waals surface area (Å²) in [6.07, 6.45) is 5.52. The number of piperidine rings is 1. The third-order valence-corrected chi connectivity index (χ3v) is 4.40. The van der Waals surface area contributed by atoms with Crippen LogP contribution in [0.1, 0.15) is 29.8 Å². The number of nitrogens with zero attached hydrogens (tertiary/aromatic N) is 3. The lowest BCUT2D eigenvalue weighted by molar-refractivity contribution is 0.0368. The van der Waals surface area contributed by atoms with Crippen molar-refractivity contribution in [2.45, 2.75) is 25.3 Å². The van der Waals surface area contributed by atoms with Crippen LogP contribution >= 0.6 is 0 Å². The van der Waals surface area contributed by atoms with Crippen molar-refractivity contribution < 1.29 is 4.79 Å². The van der Waals surface area contributed by atoms with Gasteiger partial charge >= 0.3 is 0 Å². The maximum Gasteiger partial charge on any atom is 0.272 e. The molecule has 1 N–H and O–H groups in total. The van der Waals surface area contributed by atoms with Crippen molar-refractivity contribution in [1.82, 2.24) is 14.8 Å². The van der Waals surface area contributed by atoms with Gasteiger partial charge in [-0.15, -0.1) is 0 Å². The van der Waals surface area contributed by atoms with E-state index in [1.165, 1.54) is 25.8 Å². The van der Waals surface area contributed by atoms with Crippen LogP contribution < -0.4 is 5.32 Å². The lowest BCUT2D eigenvalue weighted by atomic mass is 9.99. The fourth-order valence-corrected chi connectivity index (χ4v) is 3.17. The van der Waals surface area contributed by atoms with E-state index >= 15 is 0 Å². The van der Waals surface area contributed by atoms with Crippen molar-refractivity contribution in [3.05, 3.63) is 24.0 Å². The fraction of sp³-hybridized carbons (Fsp3) is 0.600. The molecule has 5 nitrogen and oxygen atoms in total. The standard InChI is InChI=1S/C15H22N4O/c1-16-12-5-6-14(17-10-12)15(20)19-9-8-18-7-3-2-4-13(18)11-19/h5-6,10,13,16H,2-4,7-9,11H2,1H3. The maximum absolute atomic E-state index is 12.5. The van der Waals surface area contributed by atoms with Crippen molar-refractivity contribution in [2.24, 2.45) is 0 Å². The van der Waals surface area contributed by atoms with Crippen molar-refractivity contribution >= 4 is 11.6 Å². The number of aromatic nitrogens is 1. The molecule has 3 rings (SSSR count). The molecule has 5 heteroatoms. The number of nitrogens with one attached hydrogen (secondary N) is 1. The summed E-state index contributed by atoms with van der Waals surface area (Å²) in [5.41, 5.74) is 1.48. The number of amides is 1. The van der Waals surface area contributed by atoms with Gasteiger partial charge in [0.05, 0.1) is 11.9 Å². The van der Waals surface area contributed by atoms with E-state index in [4.69, 9.17) is 0 Å². The molecule has 108 valence electrons. The van der Waals surface area contributed by atoms with E-state index in [2.05, 4.69) is 15.2 Å². The lowest BCUT2D eigenvalue weighted by Gasteiger charge is -2.43. The van der Waals surface area contributed by atoms with Gasteiger partial charge < -0.3 is 10.2 Å². The minimum absolute atomic E-state index is 0.0675. The number of carbonyl (C=O) groups excluding carboxylic acids is 1.